The standard InChI is InChI=1S/CH3Cl.2Na.H4O5P2/c1-2;;;1-6(2)5-7(3)4/h1H3;;;6-7H,(H,1,2)(H,3,4)/q;2*+1;/p-2. The molecule has 0 aromatic heterocycles. The van der Waals surface area contributed by atoms with E-state index in [9.17, 15) is 18.9 Å². The molecule has 0 amide bonds. The predicted octanol–water partition coefficient (Wildman–Crippen LogP) is -6.63. The Morgan fingerprint density at radius 1 is 1.09 bits per heavy atom. The Kier molecular flexibility index (Phi) is 39.3. The fraction of sp³-hybridized carbons (Fsp3) is 1.00. The molecule has 5 nitrogen and oxygen atoms in total. The van der Waals surface area contributed by atoms with Crippen LogP contribution in [0.2, 0.25) is 0 Å². The zero-order valence-corrected chi connectivity index (χ0v) is 13.2. The first-order valence-corrected chi connectivity index (χ1v) is 4.81. The first-order valence-electron chi connectivity index (χ1n) is 1.60. The van der Waals surface area contributed by atoms with Crippen LogP contribution in [0.5, 0.6) is 0 Å². The van der Waals surface area contributed by atoms with Crippen molar-refractivity contribution in [3.63, 3.8) is 0 Å². The van der Waals surface area contributed by atoms with Crippen molar-refractivity contribution in [2.45, 2.75) is 0 Å². The third-order valence-corrected chi connectivity index (χ3v) is 1.50. The molecule has 0 aliphatic rings. The summed E-state index contributed by atoms with van der Waals surface area (Å²) in [6.07, 6.45) is 1.47. The molecule has 11 heavy (non-hydrogen) atoms. The fourth-order valence-corrected chi connectivity index (χ4v) is 0.612. The van der Waals surface area contributed by atoms with Crippen molar-refractivity contribution in [1.82, 2.24) is 0 Å². The second-order valence-electron chi connectivity index (χ2n) is 0.602. The molecule has 0 aliphatic heterocycles. The van der Waals surface area contributed by atoms with Crippen molar-refractivity contribution in [2.75, 3.05) is 6.38 Å². The Bertz CT molecular complexity index is 98.7. The third-order valence-electron chi connectivity index (χ3n) is 0.167. The third kappa shape index (κ3) is 32.5. The first kappa shape index (κ1) is 23.4. The molecule has 0 N–H and O–H groups in total. The Morgan fingerprint density at radius 3 is 1.27 bits per heavy atom. The van der Waals surface area contributed by atoms with Gasteiger partial charge in [0.2, 0.25) is 0 Å². The monoisotopic (exact) mass is 240 g/mol. The maximum absolute atomic E-state index is 9.29. The maximum Gasteiger partial charge on any atom is 1.00 e. The summed E-state index contributed by atoms with van der Waals surface area (Å²) in [5, 5.41) is 0. The van der Waals surface area contributed by atoms with Crippen LogP contribution in [0.1, 0.15) is 0 Å². The van der Waals surface area contributed by atoms with Gasteiger partial charge in [0.05, 0.1) is 0 Å². The van der Waals surface area contributed by atoms with E-state index in [4.69, 9.17) is 0 Å². The quantitative estimate of drug-likeness (QED) is 0.272. The molecule has 0 radical (unpaired) electrons. The van der Waals surface area contributed by atoms with E-state index >= 15 is 0 Å². The summed E-state index contributed by atoms with van der Waals surface area (Å²) in [7, 11) is -7.03. The summed E-state index contributed by atoms with van der Waals surface area (Å²) in [6, 6.07) is 0. The van der Waals surface area contributed by atoms with E-state index in [1.807, 2.05) is 0 Å². The SMILES string of the molecule is CCl.O=[PH]([O-])O[PH](=O)[O-].[Na+].[Na+]. The molecular formula is CH5ClNa2O5P2. The summed E-state index contributed by atoms with van der Waals surface area (Å²) in [5.74, 6) is 0. The van der Waals surface area contributed by atoms with Crippen LogP contribution in [0.3, 0.4) is 0 Å². The molecule has 0 rings (SSSR count). The maximum atomic E-state index is 9.29. The average Bonchev–Trinajstić information content (AvgIpc) is 1.68. The van der Waals surface area contributed by atoms with E-state index in [1.54, 1.807) is 0 Å². The Balaban J connectivity index is -0.0000000564. The fourth-order valence-electron chi connectivity index (χ4n) is 0.0680. The van der Waals surface area contributed by atoms with E-state index in [0.717, 1.165) is 0 Å². The number of rotatable bonds is 2. The molecular weight excluding hydrogens is 235 g/mol. The largest absolute Gasteiger partial charge is 1.00 e. The Hall–Kier alpha value is 2.63. The van der Waals surface area contributed by atoms with Gasteiger partial charge in [-0.1, -0.05) is 0 Å². The number of alkyl halides is 1. The topological polar surface area (TPSA) is 89.5 Å². The van der Waals surface area contributed by atoms with Crippen molar-refractivity contribution in [1.29, 1.82) is 0 Å². The van der Waals surface area contributed by atoms with E-state index in [-0.39, 0.29) is 59.1 Å². The van der Waals surface area contributed by atoms with Crippen molar-refractivity contribution >= 4 is 28.1 Å². The van der Waals surface area contributed by atoms with E-state index in [2.05, 4.69) is 15.9 Å². The summed E-state index contributed by atoms with van der Waals surface area (Å²) in [6.45, 7) is 0. The van der Waals surface area contributed by atoms with Crippen LogP contribution < -0.4 is 68.9 Å². The minimum atomic E-state index is -3.51. The molecule has 10 heteroatoms. The molecule has 2 unspecified atom stereocenters. The van der Waals surface area contributed by atoms with Crippen LogP contribution in [0.15, 0.2) is 0 Å². The molecule has 0 aliphatic carbocycles. The molecule has 0 fully saturated rings. The average molecular weight is 240 g/mol. The van der Waals surface area contributed by atoms with Gasteiger partial charge in [0.15, 0.2) is 0 Å². The number of halogens is 1. The molecule has 0 aromatic carbocycles. The van der Waals surface area contributed by atoms with Crippen LogP contribution in [0, 0.1) is 0 Å². The van der Waals surface area contributed by atoms with Crippen molar-refractivity contribution in [2.24, 2.45) is 0 Å². The second-order valence-corrected chi connectivity index (χ2v) is 2.42. The van der Waals surface area contributed by atoms with Crippen LogP contribution >= 0.6 is 28.1 Å². The van der Waals surface area contributed by atoms with Gasteiger partial charge >= 0.3 is 59.1 Å². The van der Waals surface area contributed by atoms with Crippen molar-refractivity contribution in [3.05, 3.63) is 0 Å². The van der Waals surface area contributed by atoms with Crippen LogP contribution in [0.4, 0.5) is 0 Å². The number of hydrogen-bond acceptors (Lipinski definition) is 5. The van der Waals surface area contributed by atoms with Gasteiger partial charge in [-0.2, -0.15) is 0 Å². The minimum absolute atomic E-state index is 0. The normalized spacial score (nSPS) is 12.4. The molecule has 2 atom stereocenters. The Morgan fingerprint density at radius 2 is 1.27 bits per heavy atom. The van der Waals surface area contributed by atoms with Gasteiger partial charge in [-0.05, 0) is 0 Å². The summed E-state index contributed by atoms with van der Waals surface area (Å²) in [5.41, 5.74) is 0. The smallest absolute Gasteiger partial charge is 0.781 e. The van der Waals surface area contributed by atoms with Gasteiger partial charge in [0.1, 0.15) is 16.5 Å². The van der Waals surface area contributed by atoms with E-state index < -0.39 is 16.5 Å². The van der Waals surface area contributed by atoms with E-state index in [0.29, 0.717) is 0 Å². The molecule has 0 bridgehead atoms. The molecule has 0 saturated heterocycles. The second kappa shape index (κ2) is 18.4. The predicted molar refractivity (Wildman–Crippen MR) is 30.9 cm³/mol. The zero-order chi connectivity index (χ0) is 7.86. The van der Waals surface area contributed by atoms with Gasteiger partial charge in [0, 0.05) is 6.38 Å². The molecule has 0 heterocycles. The van der Waals surface area contributed by atoms with Crippen LogP contribution in [-0.2, 0) is 13.4 Å². The van der Waals surface area contributed by atoms with Gasteiger partial charge in [0.25, 0.3) is 0 Å². The van der Waals surface area contributed by atoms with Crippen molar-refractivity contribution in [3.8, 4) is 0 Å². The van der Waals surface area contributed by atoms with Crippen molar-refractivity contribution < 1.29 is 82.3 Å². The Labute approximate surface area is 115 Å². The van der Waals surface area contributed by atoms with Gasteiger partial charge in [-0.25, -0.2) is 0 Å². The summed E-state index contributed by atoms with van der Waals surface area (Å²) >= 11 is 4.64. The summed E-state index contributed by atoms with van der Waals surface area (Å²) < 4.78 is 21.8. The van der Waals surface area contributed by atoms with Crippen LogP contribution in [-0.4, -0.2) is 6.38 Å². The minimum Gasteiger partial charge on any atom is -0.781 e. The first-order chi connectivity index (χ1) is 4.13. The van der Waals surface area contributed by atoms with Gasteiger partial charge < -0.3 is 18.9 Å². The summed E-state index contributed by atoms with van der Waals surface area (Å²) in [4.78, 5) is 18.6. The van der Waals surface area contributed by atoms with Crippen LogP contribution in [0.25, 0.3) is 0 Å². The van der Waals surface area contributed by atoms with E-state index in [1.165, 1.54) is 6.38 Å². The molecule has 0 spiro atoms. The molecule has 0 aromatic rings. The molecule has 0 saturated carbocycles. The number of hydrogen-bond donors (Lipinski definition) is 0. The van der Waals surface area contributed by atoms with Gasteiger partial charge in [-0.3, -0.25) is 4.31 Å². The zero-order valence-electron chi connectivity index (χ0n) is 6.42. The van der Waals surface area contributed by atoms with Gasteiger partial charge in [-0.15, -0.1) is 11.6 Å². The molecule has 58 valence electrons.